The van der Waals surface area contributed by atoms with Gasteiger partial charge in [0.1, 0.15) is 0 Å². The van der Waals surface area contributed by atoms with Gasteiger partial charge < -0.3 is 10.4 Å². The van der Waals surface area contributed by atoms with E-state index in [1.165, 1.54) is 0 Å². The summed E-state index contributed by atoms with van der Waals surface area (Å²) in [5, 5.41) is 12.7. The predicted octanol–water partition coefficient (Wildman–Crippen LogP) is 4.27. The highest BCUT2D eigenvalue weighted by Gasteiger charge is 2.45. The first-order valence-electron chi connectivity index (χ1n) is 6.13. The van der Waals surface area contributed by atoms with E-state index in [1.807, 2.05) is 0 Å². The van der Waals surface area contributed by atoms with Crippen molar-refractivity contribution in [3.05, 3.63) is 29.3 Å². The Hall–Kier alpha value is -0.650. The molecule has 2 rings (SSSR count). The molecule has 20 heavy (non-hydrogen) atoms. The van der Waals surface area contributed by atoms with Gasteiger partial charge in [-0.1, -0.05) is 24.4 Å². The van der Waals surface area contributed by atoms with E-state index in [0.29, 0.717) is 17.1 Å². The third-order valence-electron chi connectivity index (χ3n) is 3.20. The number of rotatable bonds is 5. The average molecular weight is 330 g/mol. The van der Waals surface area contributed by atoms with Gasteiger partial charge in [-0.05, 0) is 36.6 Å². The molecule has 0 radical (unpaired) electrons. The Morgan fingerprint density at radius 1 is 1.25 bits per heavy atom. The molecule has 0 saturated heterocycles. The molecular formula is C13H16Cl2F3NO. The summed E-state index contributed by atoms with van der Waals surface area (Å²) in [6, 6.07) is 5.38. The second-order valence-corrected chi connectivity index (χ2v) is 5.36. The van der Waals surface area contributed by atoms with E-state index in [0.717, 1.165) is 12.8 Å². The van der Waals surface area contributed by atoms with E-state index < -0.39 is 18.3 Å². The van der Waals surface area contributed by atoms with Crippen molar-refractivity contribution in [2.45, 2.75) is 37.6 Å². The summed E-state index contributed by atoms with van der Waals surface area (Å²) in [5.74, 6) is 0.279. The van der Waals surface area contributed by atoms with Crippen molar-refractivity contribution in [1.29, 1.82) is 0 Å². The number of benzene rings is 1. The fourth-order valence-electron chi connectivity index (χ4n) is 1.97. The monoisotopic (exact) mass is 329 g/mol. The van der Waals surface area contributed by atoms with Crippen LogP contribution in [0, 0.1) is 5.92 Å². The van der Waals surface area contributed by atoms with E-state index in [9.17, 15) is 18.3 Å². The molecule has 0 unspecified atom stereocenters. The first-order valence-corrected chi connectivity index (χ1v) is 6.51. The standard InChI is InChI=1S/C13H15ClF3NO.ClH/c14-9-3-5-10(6-4-9)18-11(7-8-1-2-8)12(19)13(15,16)17;/h3-6,8,11-12,18-19H,1-2,7H2;1H/t11-,12-;/m1./s1. The molecule has 1 aromatic rings. The zero-order valence-electron chi connectivity index (χ0n) is 10.5. The van der Waals surface area contributed by atoms with Gasteiger partial charge in [-0.2, -0.15) is 13.2 Å². The second kappa shape index (κ2) is 6.87. The number of aliphatic hydroxyl groups excluding tert-OH is 1. The van der Waals surface area contributed by atoms with Crippen LogP contribution >= 0.6 is 24.0 Å². The Balaban J connectivity index is 0.00000200. The number of halogens is 5. The van der Waals surface area contributed by atoms with E-state index in [1.54, 1.807) is 24.3 Å². The minimum atomic E-state index is -4.61. The number of alkyl halides is 3. The third kappa shape index (κ3) is 5.04. The second-order valence-electron chi connectivity index (χ2n) is 4.92. The molecule has 1 aliphatic carbocycles. The first kappa shape index (κ1) is 17.4. The van der Waals surface area contributed by atoms with Crippen molar-refractivity contribution in [3.63, 3.8) is 0 Å². The molecule has 1 saturated carbocycles. The molecule has 1 fully saturated rings. The van der Waals surface area contributed by atoms with Gasteiger partial charge in [-0.25, -0.2) is 0 Å². The Morgan fingerprint density at radius 3 is 2.25 bits per heavy atom. The lowest BCUT2D eigenvalue weighted by molar-refractivity contribution is -0.208. The average Bonchev–Trinajstić information content (AvgIpc) is 3.13. The predicted molar refractivity (Wildman–Crippen MR) is 75.5 cm³/mol. The SMILES string of the molecule is Cl.O[C@H]([C@@H](CC1CC1)Nc1ccc(Cl)cc1)C(F)(F)F. The highest BCUT2D eigenvalue weighted by Crippen LogP contribution is 2.37. The summed E-state index contributed by atoms with van der Waals surface area (Å²) < 4.78 is 37.9. The fraction of sp³-hybridized carbons (Fsp3) is 0.538. The maximum absolute atomic E-state index is 12.6. The molecule has 0 heterocycles. The van der Waals surface area contributed by atoms with Gasteiger partial charge in [0.15, 0.2) is 6.10 Å². The van der Waals surface area contributed by atoms with Crippen LogP contribution in [0.3, 0.4) is 0 Å². The number of anilines is 1. The number of nitrogens with one attached hydrogen (secondary N) is 1. The molecule has 0 spiro atoms. The van der Waals surface area contributed by atoms with Crippen LogP contribution in [0.1, 0.15) is 19.3 Å². The molecule has 0 aliphatic heterocycles. The zero-order chi connectivity index (χ0) is 14.0. The van der Waals surface area contributed by atoms with E-state index >= 15 is 0 Å². The summed E-state index contributed by atoms with van der Waals surface area (Å²) in [5.41, 5.74) is 0.526. The molecule has 2 nitrogen and oxygen atoms in total. The molecule has 7 heteroatoms. The Bertz CT molecular complexity index is 421. The van der Waals surface area contributed by atoms with Crippen molar-refractivity contribution in [2.75, 3.05) is 5.32 Å². The minimum Gasteiger partial charge on any atom is -0.382 e. The molecule has 114 valence electrons. The van der Waals surface area contributed by atoms with Crippen molar-refractivity contribution < 1.29 is 18.3 Å². The van der Waals surface area contributed by atoms with Crippen LogP contribution < -0.4 is 5.32 Å². The highest BCUT2D eigenvalue weighted by molar-refractivity contribution is 6.30. The van der Waals surface area contributed by atoms with Gasteiger partial charge in [-0.15, -0.1) is 12.4 Å². The molecule has 0 amide bonds. The third-order valence-corrected chi connectivity index (χ3v) is 3.45. The molecule has 2 atom stereocenters. The molecular weight excluding hydrogens is 314 g/mol. The summed E-state index contributed by atoms with van der Waals surface area (Å²) in [6.07, 6.45) is -4.78. The summed E-state index contributed by atoms with van der Waals surface area (Å²) in [6.45, 7) is 0. The fourth-order valence-corrected chi connectivity index (χ4v) is 2.09. The van der Waals surface area contributed by atoms with Crippen LogP contribution in [0.4, 0.5) is 18.9 Å². The van der Waals surface area contributed by atoms with Crippen LogP contribution in [0.2, 0.25) is 5.02 Å². The van der Waals surface area contributed by atoms with Crippen molar-refractivity contribution in [2.24, 2.45) is 5.92 Å². The molecule has 1 aromatic carbocycles. The van der Waals surface area contributed by atoms with Crippen LogP contribution in [-0.2, 0) is 0 Å². The van der Waals surface area contributed by atoms with Gasteiger partial charge in [0, 0.05) is 10.7 Å². The van der Waals surface area contributed by atoms with Gasteiger partial charge in [0.2, 0.25) is 0 Å². The van der Waals surface area contributed by atoms with Crippen LogP contribution in [0.15, 0.2) is 24.3 Å². The lowest BCUT2D eigenvalue weighted by Crippen LogP contribution is -2.44. The summed E-state index contributed by atoms with van der Waals surface area (Å²) in [7, 11) is 0. The van der Waals surface area contributed by atoms with Crippen molar-refractivity contribution in [3.8, 4) is 0 Å². The first-order chi connectivity index (χ1) is 8.86. The Kier molecular flexibility index (Phi) is 5.98. The Morgan fingerprint density at radius 2 is 1.80 bits per heavy atom. The minimum absolute atomic E-state index is 0. The maximum Gasteiger partial charge on any atom is 0.416 e. The van der Waals surface area contributed by atoms with E-state index in [-0.39, 0.29) is 18.3 Å². The quantitative estimate of drug-likeness (QED) is 0.845. The normalized spacial score (nSPS) is 18.1. The molecule has 2 N–H and O–H groups in total. The van der Waals surface area contributed by atoms with Crippen molar-refractivity contribution in [1.82, 2.24) is 0 Å². The van der Waals surface area contributed by atoms with Gasteiger partial charge in [0.05, 0.1) is 6.04 Å². The van der Waals surface area contributed by atoms with Crippen LogP contribution in [0.25, 0.3) is 0 Å². The number of aliphatic hydroxyl groups is 1. The zero-order valence-corrected chi connectivity index (χ0v) is 12.1. The Labute approximate surface area is 126 Å². The van der Waals surface area contributed by atoms with E-state index in [2.05, 4.69) is 5.32 Å². The molecule has 0 bridgehead atoms. The molecule has 1 aliphatic rings. The summed E-state index contributed by atoms with van der Waals surface area (Å²) >= 11 is 5.72. The number of hydrogen-bond donors (Lipinski definition) is 2. The van der Waals surface area contributed by atoms with Gasteiger partial charge in [0.25, 0.3) is 0 Å². The van der Waals surface area contributed by atoms with Crippen LogP contribution in [0.5, 0.6) is 0 Å². The number of hydrogen-bond acceptors (Lipinski definition) is 2. The maximum atomic E-state index is 12.6. The lowest BCUT2D eigenvalue weighted by Gasteiger charge is -2.26. The van der Waals surface area contributed by atoms with E-state index in [4.69, 9.17) is 11.6 Å². The molecule has 0 aromatic heterocycles. The summed E-state index contributed by atoms with van der Waals surface area (Å²) in [4.78, 5) is 0. The topological polar surface area (TPSA) is 32.3 Å². The van der Waals surface area contributed by atoms with Gasteiger partial charge >= 0.3 is 6.18 Å². The smallest absolute Gasteiger partial charge is 0.382 e. The lowest BCUT2D eigenvalue weighted by atomic mass is 10.0. The van der Waals surface area contributed by atoms with Gasteiger partial charge in [-0.3, -0.25) is 0 Å². The van der Waals surface area contributed by atoms with Crippen LogP contribution in [-0.4, -0.2) is 23.4 Å². The highest BCUT2D eigenvalue weighted by atomic mass is 35.5. The largest absolute Gasteiger partial charge is 0.416 e. The van der Waals surface area contributed by atoms with Crippen molar-refractivity contribution >= 4 is 29.7 Å².